The summed E-state index contributed by atoms with van der Waals surface area (Å²) in [6.45, 7) is 6.55. The van der Waals surface area contributed by atoms with Crippen LogP contribution >= 0.6 is 0 Å². The summed E-state index contributed by atoms with van der Waals surface area (Å²) in [6.07, 6.45) is 7.32. The first-order chi connectivity index (χ1) is 11.1. The molecule has 3 rings (SSSR count). The molecule has 0 radical (unpaired) electrons. The standard InChI is InChI=1S/C17H26N4O2/c1-13(2)20-15(22)14-4-5-17(12-23-14)6-10-21(11-7-17)16-18-8-3-9-19-16/h3,8-9,13-14H,4-7,10-12H2,1-2H3,(H,20,22)/t14-/m1/s1. The number of amides is 1. The van der Waals surface area contributed by atoms with Crippen LogP contribution in [0.5, 0.6) is 0 Å². The van der Waals surface area contributed by atoms with Crippen molar-refractivity contribution in [1.82, 2.24) is 15.3 Å². The van der Waals surface area contributed by atoms with E-state index in [0.29, 0.717) is 6.61 Å². The average molecular weight is 318 g/mol. The molecular weight excluding hydrogens is 292 g/mol. The summed E-state index contributed by atoms with van der Waals surface area (Å²) in [6, 6.07) is 2.00. The molecule has 2 saturated heterocycles. The minimum absolute atomic E-state index is 0.0324. The highest BCUT2D eigenvalue weighted by molar-refractivity contribution is 5.81. The van der Waals surface area contributed by atoms with Gasteiger partial charge in [-0.15, -0.1) is 0 Å². The maximum Gasteiger partial charge on any atom is 0.249 e. The van der Waals surface area contributed by atoms with Gasteiger partial charge in [0, 0.05) is 31.5 Å². The molecule has 2 aliphatic heterocycles. The Labute approximate surface area is 137 Å². The van der Waals surface area contributed by atoms with Crippen molar-refractivity contribution >= 4 is 11.9 Å². The Hall–Kier alpha value is -1.69. The number of nitrogens with one attached hydrogen (secondary N) is 1. The lowest BCUT2D eigenvalue weighted by molar-refractivity contribution is -0.143. The van der Waals surface area contributed by atoms with E-state index in [9.17, 15) is 4.79 Å². The fourth-order valence-corrected chi connectivity index (χ4v) is 3.48. The number of ether oxygens (including phenoxy) is 1. The van der Waals surface area contributed by atoms with Crippen molar-refractivity contribution in [3.05, 3.63) is 18.5 Å². The van der Waals surface area contributed by atoms with Gasteiger partial charge in [-0.05, 0) is 51.0 Å². The molecule has 0 saturated carbocycles. The van der Waals surface area contributed by atoms with Crippen LogP contribution in [0, 0.1) is 5.41 Å². The quantitative estimate of drug-likeness (QED) is 0.920. The second kappa shape index (κ2) is 6.83. The van der Waals surface area contributed by atoms with E-state index >= 15 is 0 Å². The number of hydrogen-bond acceptors (Lipinski definition) is 5. The number of piperidine rings is 1. The third-order valence-corrected chi connectivity index (χ3v) is 4.91. The largest absolute Gasteiger partial charge is 0.368 e. The smallest absolute Gasteiger partial charge is 0.249 e. The lowest BCUT2D eigenvalue weighted by Gasteiger charge is -2.45. The summed E-state index contributed by atoms with van der Waals surface area (Å²) in [7, 11) is 0. The SMILES string of the molecule is CC(C)NC(=O)[C@H]1CCC2(CCN(c3ncccn3)CC2)CO1. The predicted molar refractivity (Wildman–Crippen MR) is 88.2 cm³/mol. The molecule has 1 atom stereocenters. The lowest BCUT2D eigenvalue weighted by Crippen LogP contribution is -2.49. The van der Waals surface area contributed by atoms with Crippen LogP contribution in [-0.4, -0.2) is 47.7 Å². The third kappa shape index (κ3) is 3.80. The Morgan fingerprint density at radius 1 is 1.30 bits per heavy atom. The van der Waals surface area contributed by atoms with Crippen LogP contribution in [0.3, 0.4) is 0 Å². The van der Waals surface area contributed by atoms with Crippen molar-refractivity contribution in [2.75, 3.05) is 24.6 Å². The summed E-state index contributed by atoms with van der Waals surface area (Å²) >= 11 is 0. The zero-order chi connectivity index (χ0) is 16.3. The number of carbonyl (C=O) groups is 1. The Kier molecular flexibility index (Phi) is 4.80. The van der Waals surface area contributed by atoms with Gasteiger partial charge < -0.3 is 15.0 Å². The molecule has 3 heterocycles. The van der Waals surface area contributed by atoms with Crippen molar-refractivity contribution in [1.29, 1.82) is 0 Å². The van der Waals surface area contributed by atoms with Gasteiger partial charge in [-0.3, -0.25) is 4.79 Å². The van der Waals surface area contributed by atoms with Gasteiger partial charge in [0.25, 0.3) is 0 Å². The molecule has 0 aliphatic carbocycles. The van der Waals surface area contributed by atoms with Gasteiger partial charge in [0.1, 0.15) is 6.10 Å². The molecule has 1 aromatic heterocycles. The van der Waals surface area contributed by atoms with Gasteiger partial charge in [0.05, 0.1) is 6.61 Å². The zero-order valence-electron chi connectivity index (χ0n) is 14.0. The molecular formula is C17H26N4O2. The molecule has 6 nitrogen and oxygen atoms in total. The molecule has 0 aromatic carbocycles. The minimum Gasteiger partial charge on any atom is -0.368 e. The molecule has 1 amide bonds. The number of nitrogens with zero attached hydrogens (tertiary/aromatic N) is 3. The average Bonchev–Trinajstić information content (AvgIpc) is 2.56. The number of rotatable bonds is 3. The third-order valence-electron chi connectivity index (χ3n) is 4.91. The van der Waals surface area contributed by atoms with Gasteiger partial charge in [0.2, 0.25) is 11.9 Å². The number of anilines is 1. The Morgan fingerprint density at radius 3 is 2.57 bits per heavy atom. The molecule has 2 aliphatic rings. The van der Waals surface area contributed by atoms with Crippen LogP contribution in [-0.2, 0) is 9.53 Å². The van der Waals surface area contributed by atoms with Gasteiger partial charge in [-0.25, -0.2) is 9.97 Å². The second-order valence-electron chi connectivity index (χ2n) is 7.04. The lowest BCUT2D eigenvalue weighted by atomic mass is 9.73. The van der Waals surface area contributed by atoms with E-state index in [2.05, 4.69) is 20.2 Å². The van der Waals surface area contributed by atoms with Crippen LogP contribution < -0.4 is 10.2 Å². The molecule has 1 aromatic rings. The van der Waals surface area contributed by atoms with E-state index in [-0.39, 0.29) is 23.5 Å². The summed E-state index contributed by atoms with van der Waals surface area (Å²) < 4.78 is 5.91. The fourth-order valence-electron chi connectivity index (χ4n) is 3.48. The molecule has 126 valence electrons. The summed E-state index contributed by atoms with van der Waals surface area (Å²) in [5.41, 5.74) is 0.222. The van der Waals surface area contributed by atoms with E-state index in [1.54, 1.807) is 12.4 Å². The molecule has 6 heteroatoms. The van der Waals surface area contributed by atoms with E-state index < -0.39 is 0 Å². The van der Waals surface area contributed by atoms with Crippen molar-refractivity contribution in [3.63, 3.8) is 0 Å². The Balaban J connectivity index is 1.51. The van der Waals surface area contributed by atoms with Gasteiger partial charge in [-0.2, -0.15) is 0 Å². The summed E-state index contributed by atoms with van der Waals surface area (Å²) in [4.78, 5) is 23.0. The molecule has 0 unspecified atom stereocenters. The highest BCUT2D eigenvalue weighted by atomic mass is 16.5. The van der Waals surface area contributed by atoms with Gasteiger partial charge in [-0.1, -0.05) is 0 Å². The first-order valence-electron chi connectivity index (χ1n) is 8.52. The maximum atomic E-state index is 12.1. The molecule has 2 fully saturated rings. The van der Waals surface area contributed by atoms with E-state index in [1.165, 1.54) is 0 Å². The Morgan fingerprint density at radius 2 is 2.00 bits per heavy atom. The van der Waals surface area contributed by atoms with Crippen LogP contribution in [0.1, 0.15) is 39.5 Å². The van der Waals surface area contributed by atoms with Crippen molar-refractivity contribution in [3.8, 4) is 0 Å². The maximum absolute atomic E-state index is 12.1. The van der Waals surface area contributed by atoms with Crippen molar-refractivity contribution in [2.45, 2.75) is 51.7 Å². The van der Waals surface area contributed by atoms with Crippen LogP contribution in [0.4, 0.5) is 5.95 Å². The number of carbonyl (C=O) groups excluding carboxylic acids is 1. The predicted octanol–water partition coefficient (Wildman–Crippen LogP) is 1.77. The first kappa shape index (κ1) is 16.2. The monoisotopic (exact) mass is 318 g/mol. The number of aromatic nitrogens is 2. The van der Waals surface area contributed by atoms with Gasteiger partial charge >= 0.3 is 0 Å². The Bertz CT molecular complexity index is 517. The molecule has 0 bridgehead atoms. The van der Waals surface area contributed by atoms with Crippen LogP contribution in [0.15, 0.2) is 18.5 Å². The molecule has 23 heavy (non-hydrogen) atoms. The molecule has 1 N–H and O–H groups in total. The van der Waals surface area contributed by atoms with Gasteiger partial charge in [0.15, 0.2) is 0 Å². The number of hydrogen-bond donors (Lipinski definition) is 1. The van der Waals surface area contributed by atoms with Crippen molar-refractivity contribution in [2.24, 2.45) is 5.41 Å². The zero-order valence-corrected chi connectivity index (χ0v) is 14.0. The highest BCUT2D eigenvalue weighted by Crippen LogP contribution is 2.41. The second-order valence-corrected chi connectivity index (χ2v) is 7.04. The van der Waals surface area contributed by atoms with E-state index in [4.69, 9.17) is 4.74 Å². The first-order valence-corrected chi connectivity index (χ1v) is 8.52. The van der Waals surface area contributed by atoms with Crippen LogP contribution in [0.25, 0.3) is 0 Å². The fraction of sp³-hybridized carbons (Fsp3) is 0.706. The molecule has 1 spiro atoms. The van der Waals surface area contributed by atoms with Crippen LogP contribution in [0.2, 0.25) is 0 Å². The topological polar surface area (TPSA) is 67.4 Å². The van der Waals surface area contributed by atoms with Crippen molar-refractivity contribution < 1.29 is 9.53 Å². The normalized spacial score (nSPS) is 24.0. The highest BCUT2D eigenvalue weighted by Gasteiger charge is 2.40. The van der Waals surface area contributed by atoms with E-state index in [1.807, 2.05) is 19.9 Å². The minimum atomic E-state index is -0.279. The summed E-state index contributed by atoms with van der Waals surface area (Å²) in [5.74, 6) is 0.846. The summed E-state index contributed by atoms with van der Waals surface area (Å²) in [5, 5.41) is 2.94. The van der Waals surface area contributed by atoms with E-state index in [0.717, 1.165) is 44.7 Å².